The summed E-state index contributed by atoms with van der Waals surface area (Å²) in [5, 5.41) is 12.0. The number of hydrogen-bond acceptors (Lipinski definition) is 3. The van der Waals surface area contributed by atoms with Crippen LogP contribution in [0.15, 0.2) is 30.3 Å². The number of carbonyl (C=O) groups excluding carboxylic acids is 1. The molecule has 19 heavy (non-hydrogen) atoms. The lowest BCUT2D eigenvalue weighted by Crippen LogP contribution is -2.48. The van der Waals surface area contributed by atoms with Crippen molar-refractivity contribution in [3.63, 3.8) is 0 Å². The zero-order valence-corrected chi connectivity index (χ0v) is 11.8. The van der Waals surface area contributed by atoms with Crippen molar-refractivity contribution in [1.82, 2.24) is 10.2 Å². The molecule has 1 aromatic carbocycles. The first-order chi connectivity index (χ1) is 8.94. The molecule has 1 aliphatic heterocycles. The SMILES string of the molecule is C[C@H](c1ccccc1)N1C[C@H]1C(=O)NC(C)(C)CO. The van der Waals surface area contributed by atoms with E-state index in [2.05, 4.69) is 29.3 Å². The van der Waals surface area contributed by atoms with Crippen molar-refractivity contribution in [3.8, 4) is 0 Å². The molecule has 1 unspecified atom stereocenters. The van der Waals surface area contributed by atoms with Crippen molar-refractivity contribution in [3.05, 3.63) is 35.9 Å². The highest BCUT2D eigenvalue weighted by molar-refractivity contribution is 5.85. The van der Waals surface area contributed by atoms with Crippen LogP contribution < -0.4 is 5.32 Å². The zero-order valence-electron chi connectivity index (χ0n) is 11.8. The second-order valence-corrected chi connectivity index (χ2v) is 5.83. The Balaban J connectivity index is 1.92. The molecule has 3 atom stereocenters. The third-order valence-corrected chi connectivity index (χ3v) is 3.59. The minimum absolute atomic E-state index is 0.00170. The Morgan fingerprint density at radius 2 is 2.11 bits per heavy atom. The summed E-state index contributed by atoms with van der Waals surface area (Å²) in [4.78, 5) is 14.2. The maximum Gasteiger partial charge on any atom is 0.239 e. The summed E-state index contributed by atoms with van der Waals surface area (Å²) in [5.74, 6) is 0.00170. The quantitative estimate of drug-likeness (QED) is 0.787. The van der Waals surface area contributed by atoms with E-state index in [1.807, 2.05) is 32.0 Å². The Labute approximate surface area is 114 Å². The second kappa shape index (κ2) is 5.31. The van der Waals surface area contributed by atoms with E-state index >= 15 is 0 Å². The van der Waals surface area contributed by atoms with Crippen LogP contribution in [0.2, 0.25) is 0 Å². The average molecular weight is 262 g/mol. The lowest BCUT2D eigenvalue weighted by atomic mass is 10.1. The van der Waals surface area contributed by atoms with Gasteiger partial charge in [0.2, 0.25) is 5.91 Å². The van der Waals surface area contributed by atoms with Gasteiger partial charge in [-0.15, -0.1) is 0 Å². The van der Waals surface area contributed by atoms with Crippen molar-refractivity contribution in [2.75, 3.05) is 13.2 Å². The summed E-state index contributed by atoms with van der Waals surface area (Å²) < 4.78 is 0. The number of aliphatic hydroxyl groups is 1. The van der Waals surface area contributed by atoms with E-state index in [-0.39, 0.29) is 24.6 Å². The molecule has 1 aromatic rings. The smallest absolute Gasteiger partial charge is 0.239 e. The first-order valence-electron chi connectivity index (χ1n) is 6.68. The van der Waals surface area contributed by atoms with Gasteiger partial charge in [0.15, 0.2) is 0 Å². The van der Waals surface area contributed by atoms with Crippen LogP contribution in [0.3, 0.4) is 0 Å². The standard InChI is InChI=1S/C15H22N2O2/c1-11(12-7-5-4-6-8-12)17-9-13(17)14(19)16-15(2,3)10-18/h4-8,11,13,18H,9-10H2,1-3H3,(H,16,19)/t11-,13+,17?/m1/s1. The number of hydrogen-bond donors (Lipinski definition) is 2. The third kappa shape index (κ3) is 3.33. The molecule has 0 saturated carbocycles. The van der Waals surface area contributed by atoms with Crippen molar-refractivity contribution in [1.29, 1.82) is 0 Å². The number of nitrogens with zero attached hydrogens (tertiary/aromatic N) is 1. The molecular formula is C15H22N2O2. The molecule has 4 nitrogen and oxygen atoms in total. The minimum Gasteiger partial charge on any atom is -0.394 e. The van der Waals surface area contributed by atoms with Gasteiger partial charge >= 0.3 is 0 Å². The van der Waals surface area contributed by atoms with Gasteiger partial charge in [0.1, 0.15) is 6.04 Å². The topological polar surface area (TPSA) is 52.3 Å². The van der Waals surface area contributed by atoms with Gasteiger partial charge in [-0.3, -0.25) is 9.69 Å². The predicted octanol–water partition coefficient (Wildman–Crippen LogP) is 1.32. The molecule has 104 valence electrons. The van der Waals surface area contributed by atoms with Crippen molar-refractivity contribution in [2.24, 2.45) is 0 Å². The highest BCUT2D eigenvalue weighted by atomic mass is 16.3. The number of carbonyl (C=O) groups is 1. The van der Waals surface area contributed by atoms with Gasteiger partial charge < -0.3 is 10.4 Å². The summed E-state index contributed by atoms with van der Waals surface area (Å²) in [6.07, 6.45) is 0. The van der Waals surface area contributed by atoms with Crippen LogP contribution in [0.5, 0.6) is 0 Å². The third-order valence-electron chi connectivity index (χ3n) is 3.59. The van der Waals surface area contributed by atoms with Crippen LogP contribution in [-0.2, 0) is 4.79 Å². The molecule has 0 aliphatic carbocycles. The van der Waals surface area contributed by atoms with E-state index in [0.717, 1.165) is 6.54 Å². The molecule has 0 bridgehead atoms. The van der Waals surface area contributed by atoms with Gasteiger partial charge in [0.05, 0.1) is 12.1 Å². The Bertz CT molecular complexity index is 445. The van der Waals surface area contributed by atoms with Crippen LogP contribution in [-0.4, -0.2) is 40.6 Å². The van der Waals surface area contributed by atoms with E-state index in [0.29, 0.717) is 0 Å². The summed E-state index contributed by atoms with van der Waals surface area (Å²) in [5.41, 5.74) is 0.667. The number of amides is 1. The summed E-state index contributed by atoms with van der Waals surface area (Å²) in [6, 6.07) is 10.4. The minimum atomic E-state index is -0.554. The zero-order chi connectivity index (χ0) is 14.0. The highest BCUT2D eigenvalue weighted by Crippen LogP contribution is 2.31. The molecule has 0 spiro atoms. The number of nitrogens with one attached hydrogen (secondary N) is 1. The largest absolute Gasteiger partial charge is 0.394 e. The molecule has 1 amide bonds. The highest BCUT2D eigenvalue weighted by Gasteiger charge is 2.44. The van der Waals surface area contributed by atoms with Gasteiger partial charge in [-0.25, -0.2) is 0 Å². The van der Waals surface area contributed by atoms with E-state index in [1.165, 1.54) is 5.56 Å². The molecular weight excluding hydrogens is 240 g/mol. The Morgan fingerprint density at radius 3 is 2.68 bits per heavy atom. The van der Waals surface area contributed by atoms with Crippen molar-refractivity contribution < 1.29 is 9.90 Å². The lowest BCUT2D eigenvalue weighted by Gasteiger charge is -2.24. The Hall–Kier alpha value is -1.39. The molecule has 2 N–H and O–H groups in total. The maximum atomic E-state index is 12.1. The normalized spacial score (nSPS) is 23.8. The summed E-state index contributed by atoms with van der Waals surface area (Å²) in [7, 11) is 0. The molecule has 1 heterocycles. The van der Waals surface area contributed by atoms with Gasteiger partial charge in [-0.2, -0.15) is 0 Å². The van der Waals surface area contributed by atoms with E-state index in [9.17, 15) is 4.79 Å². The molecule has 2 rings (SSSR count). The first kappa shape index (κ1) is 14.0. The maximum absolute atomic E-state index is 12.1. The molecule has 4 heteroatoms. The number of aliphatic hydroxyl groups excluding tert-OH is 1. The second-order valence-electron chi connectivity index (χ2n) is 5.83. The fraction of sp³-hybridized carbons (Fsp3) is 0.533. The number of rotatable bonds is 5. The van der Waals surface area contributed by atoms with Crippen LogP contribution in [0, 0.1) is 0 Å². The van der Waals surface area contributed by atoms with Crippen molar-refractivity contribution in [2.45, 2.75) is 38.4 Å². The van der Waals surface area contributed by atoms with Gasteiger partial charge in [0, 0.05) is 12.6 Å². The monoisotopic (exact) mass is 262 g/mol. The molecule has 0 aromatic heterocycles. The average Bonchev–Trinajstić information content (AvgIpc) is 3.19. The van der Waals surface area contributed by atoms with Gasteiger partial charge in [-0.1, -0.05) is 30.3 Å². The fourth-order valence-corrected chi connectivity index (χ4v) is 2.19. The first-order valence-corrected chi connectivity index (χ1v) is 6.68. The predicted molar refractivity (Wildman–Crippen MR) is 74.7 cm³/mol. The fourth-order valence-electron chi connectivity index (χ4n) is 2.19. The summed E-state index contributed by atoms with van der Waals surface area (Å²) >= 11 is 0. The molecule has 1 saturated heterocycles. The van der Waals surface area contributed by atoms with Gasteiger partial charge in [0.25, 0.3) is 0 Å². The van der Waals surface area contributed by atoms with Crippen LogP contribution in [0.1, 0.15) is 32.4 Å². The number of benzene rings is 1. The molecule has 1 aliphatic rings. The van der Waals surface area contributed by atoms with Gasteiger partial charge in [-0.05, 0) is 26.3 Å². The Kier molecular flexibility index (Phi) is 3.92. The Morgan fingerprint density at radius 1 is 1.47 bits per heavy atom. The van der Waals surface area contributed by atoms with E-state index in [4.69, 9.17) is 5.11 Å². The molecule has 0 radical (unpaired) electrons. The van der Waals surface area contributed by atoms with E-state index < -0.39 is 5.54 Å². The van der Waals surface area contributed by atoms with E-state index in [1.54, 1.807) is 0 Å². The molecule has 1 fully saturated rings. The van der Waals surface area contributed by atoms with Crippen LogP contribution in [0.25, 0.3) is 0 Å². The summed E-state index contributed by atoms with van der Waals surface area (Å²) in [6.45, 7) is 6.47. The lowest BCUT2D eigenvalue weighted by molar-refractivity contribution is -0.123. The van der Waals surface area contributed by atoms with Crippen molar-refractivity contribution >= 4 is 5.91 Å². The van der Waals surface area contributed by atoms with Crippen LogP contribution >= 0.6 is 0 Å². The van der Waals surface area contributed by atoms with Crippen LogP contribution in [0.4, 0.5) is 0 Å².